The van der Waals surface area contributed by atoms with Crippen molar-refractivity contribution < 1.29 is 9.90 Å². The fourth-order valence-corrected chi connectivity index (χ4v) is 1.86. The zero-order valence-corrected chi connectivity index (χ0v) is 10.9. The van der Waals surface area contributed by atoms with Gasteiger partial charge in [-0.05, 0) is 37.5 Å². The van der Waals surface area contributed by atoms with Gasteiger partial charge in [0.1, 0.15) is 0 Å². The van der Waals surface area contributed by atoms with Gasteiger partial charge >= 0.3 is 0 Å². The van der Waals surface area contributed by atoms with Crippen LogP contribution >= 0.6 is 0 Å². The number of aliphatic hydroxyl groups is 1. The van der Waals surface area contributed by atoms with Gasteiger partial charge in [-0.25, -0.2) is 0 Å². The van der Waals surface area contributed by atoms with Crippen LogP contribution in [0.15, 0.2) is 18.2 Å². The van der Waals surface area contributed by atoms with E-state index in [1.807, 2.05) is 39.0 Å². The van der Waals surface area contributed by atoms with E-state index in [4.69, 9.17) is 5.11 Å². The summed E-state index contributed by atoms with van der Waals surface area (Å²) in [6.07, 6.45) is 0.899. The Morgan fingerprint density at radius 2 is 2.00 bits per heavy atom. The maximum absolute atomic E-state index is 12.3. The summed E-state index contributed by atoms with van der Waals surface area (Å²) < 4.78 is 0. The number of benzene rings is 1. The molecule has 0 atom stereocenters. The summed E-state index contributed by atoms with van der Waals surface area (Å²) in [6, 6.07) is 5.76. The van der Waals surface area contributed by atoms with Crippen LogP contribution in [0.25, 0.3) is 0 Å². The van der Waals surface area contributed by atoms with Crippen LogP contribution < -0.4 is 0 Å². The highest BCUT2D eigenvalue weighted by Gasteiger charge is 2.16. The fourth-order valence-electron chi connectivity index (χ4n) is 1.86. The number of aryl methyl sites for hydroxylation is 1. The predicted molar refractivity (Wildman–Crippen MR) is 69.2 cm³/mol. The number of nitrogens with zero attached hydrogens (tertiary/aromatic N) is 1. The van der Waals surface area contributed by atoms with E-state index in [-0.39, 0.29) is 12.5 Å². The van der Waals surface area contributed by atoms with Gasteiger partial charge in [0.15, 0.2) is 0 Å². The van der Waals surface area contributed by atoms with Gasteiger partial charge in [-0.15, -0.1) is 0 Å². The highest BCUT2D eigenvalue weighted by atomic mass is 16.3. The van der Waals surface area contributed by atoms with Crippen molar-refractivity contribution in [3.63, 3.8) is 0 Å². The average molecular weight is 235 g/mol. The maximum Gasteiger partial charge on any atom is 0.254 e. The highest BCUT2D eigenvalue weighted by molar-refractivity contribution is 5.95. The predicted octanol–water partition coefficient (Wildman–Crippen LogP) is 2.15. The van der Waals surface area contributed by atoms with Gasteiger partial charge in [0.05, 0.1) is 6.61 Å². The van der Waals surface area contributed by atoms with Crippen LogP contribution in [-0.4, -0.2) is 35.6 Å². The monoisotopic (exact) mass is 235 g/mol. The lowest BCUT2D eigenvalue weighted by atomic mass is 10.0. The van der Waals surface area contributed by atoms with E-state index < -0.39 is 0 Å². The third kappa shape index (κ3) is 3.30. The molecule has 17 heavy (non-hydrogen) atoms. The summed E-state index contributed by atoms with van der Waals surface area (Å²) in [4.78, 5) is 14.0. The first-order chi connectivity index (χ1) is 8.11. The molecule has 0 aliphatic heterocycles. The quantitative estimate of drug-likeness (QED) is 0.849. The maximum atomic E-state index is 12.3. The van der Waals surface area contributed by atoms with E-state index in [1.54, 1.807) is 4.90 Å². The molecule has 0 spiro atoms. The molecule has 1 aromatic rings. The Morgan fingerprint density at radius 1 is 1.29 bits per heavy atom. The Balaban J connectivity index is 2.96. The minimum absolute atomic E-state index is 0.0105. The summed E-state index contributed by atoms with van der Waals surface area (Å²) in [6.45, 7) is 7.10. The van der Waals surface area contributed by atoms with Gasteiger partial charge in [0.2, 0.25) is 0 Å². The Morgan fingerprint density at radius 3 is 2.59 bits per heavy atom. The van der Waals surface area contributed by atoms with E-state index in [0.717, 1.165) is 23.1 Å². The standard InChI is InChI=1S/C14H21NO2/c1-4-8-15(9-10-16)14(17)13-7-5-6-11(2)12(13)3/h5-7,16H,4,8-10H2,1-3H3. The number of carbonyl (C=O) groups excluding carboxylic acids is 1. The van der Waals surface area contributed by atoms with Gasteiger partial charge < -0.3 is 10.0 Å². The molecule has 0 heterocycles. The lowest BCUT2D eigenvalue weighted by molar-refractivity contribution is 0.0721. The van der Waals surface area contributed by atoms with Crippen LogP contribution in [0.4, 0.5) is 0 Å². The van der Waals surface area contributed by atoms with E-state index in [2.05, 4.69) is 0 Å². The van der Waals surface area contributed by atoms with Crippen LogP contribution in [0, 0.1) is 13.8 Å². The first-order valence-corrected chi connectivity index (χ1v) is 6.08. The number of amides is 1. The van der Waals surface area contributed by atoms with Crippen molar-refractivity contribution >= 4 is 5.91 Å². The van der Waals surface area contributed by atoms with Crippen molar-refractivity contribution in [3.05, 3.63) is 34.9 Å². The smallest absolute Gasteiger partial charge is 0.254 e. The van der Waals surface area contributed by atoms with Crippen LogP contribution in [0.1, 0.15) is 34.8 Å². The Hall–Kier alpha value is -1.35. The zero-order valence-electron chi connectivity index (χ0n) is 10.9. The van der Waals surface area contributed by atoms with Crippen LogP contribution in [0.5, 0.6) is 0 Å². The minimum Gasteiger partial charge on any atom is -0.395 e. The molecule has 1 aromatic carbocycles. The molecule has 1 N–H and O–H groups in total. The van der Waals surface area contributed by atoms with Crippen molar-refractivity contribution in [1.29, 1.82) is 0 Å². The van der Waals surface area contributed by atoms with Crippen LogP contribution in [-0.2, 0) is 0 Å². The zero-order chi connectivity index (χ0) is 12.8. The second kappa shape index (κ2) is 6.40. The SMILES string of the molecule is CCCN(CCO)C(=O)c1cccc(C)c1C. The first kappa shape index (κ1) is 13.7. The molecular weight excluding hydrogens is 214 g/mol. The molecule has 0 bridgehead atoms. The largest absolute Gasteiger partial charge is 0.395 e. The van der Waals surface area contributed by atoms with Gasteiger partial charge in [0.25, 0.3) is 5.91 Å². The minimum atomic E-state index is 0.0105. The van der Waals surface area contributed by atoms with Crippen LogP contribution in [0.3, 0.4) is 0 Å². The van der Waals surface area contributed by atoms with E-state index in [1.165, 1.54) is 0 Å². The molecule has 0 fully saturated rings. The van der Waals surface area contributed by atoms with E-state index >= 15 is 0 Å². The Bertz CT molecular complexity index is 382. The first-order valence-electron chi connectivity index (χ1n) is 6.08. The molecule has 0 aromatic heterocycles. The molecule has 0 saturated carbocycles. The number of aliphatic hydroxyl groups excluding tert-OH is 1. The second-order valence-electron chi connectivity index (χ2n) is 4.26. The summed E-state index contributed by atoms with van der Waals surface area (Å²) in [7, 11) is 0. The topological polar surface area (TPSA) is 40.5 Å². The van der Waals surface area contributed by atoms with Gasteiger partial charge in [-0.2, -0.15) is 0 Å². The summed E-state index contributed by atoms with van der Waals surface area (Å²) in [5.74, 6) is 0.0158. The van der Waals surface area contributed by atoms with E-state index in [0.29, 0.717) is 13.1 Å². The van der Waals surface area contributed by atoms with E-state index in [9.17, 15) is 4.79 Å². The molecule has 0 saturated heterocycles. The Labute approximate surface area is 103 Å². The molecular formula is C14H21NO2. The van der Waals surface area contributed by atoms with Crippen molar-refractivity contribution in [3.8, 4) is 0 Å². The molecule has 0 aliphatic rings. The third-order valence-corrected chi connectivity index (χ3v) is 2.99. The fraction of sp³-hybridized carbons (Fsp3) is 0.500. The van der Waals surface area contributed by atoms with Gasteiger partial charge in [0, 0.05) is 18.7 Å². The number of hydrogen-bond acceptors (Lipinski definition) is 2. The van der Waals surface area contributed by atoms with Crippen molar-refractivity contribution in [2.24, 2.45) is 0 Å². The lowest BCUT2D eigenvalue weighted by Gasteiger charge is -2.22. The number of carbonyl (C=O) groups is 1. The normalized spacial score (nSPS) is 10.4. The summed E-state index contributed by atoms with van der Waals surface area (Å²) >= 11 is 0. The van der Waals surface area contributed by atoms with Gasteiger partial charge in [-0.3, -0.25) is 4.79 Å². The molecule has 3 nitrogen and oxygen atoms in total. The second-order valence-corrected chi connectivity index (χ2v) is 4.26. The van der Waals surface area contributed by atoms with Crippen LogP contribution in [0.2, 0.25) is 0 Å². The molecule has 1 amide bonds. The van der Waals surface area contributed by atoms with Crippen molar-refractivity contribution in [2.45, 2.75) is 27.2 Å². The lowest BCUT2D eigenvalue weighted by Crippen LogP contribution is -2.34. The molecule has 0 unspecified atom stereocenters. The summed E-state index contributed by atoms with van der Waals surface area (Å²) in [5.41, 5.74) is 2.89. The molecule has 94 valence electrons. The van der Waals surface area contributed by atoms with Crippen molar-refractivity contribution in [2.75, 3.05) is 19.7 Å². The van der Waals surface area contributed by atoms with Gasteiger partial charge in [-0.1, -0.05) is 19.1 Å². The average Bonchev–Trinajstić information content (AvgIpc) is 2.31. The molecule has 3 heteroatoms. The highest BCUT2D eigenvalue weighted by Crippen LogP contribution is 2.15. The molecule has 0 aliphatic carbocycles. The molecule has 0 radical (unpaired) electrons. The molecule has 1 rings (SSSR count). The number of hydrogen-bond donors (Lipinski definition) is 1. The van der Waals surface area contributed by atoms with Crippen molar-refractivity contribution in [1.82, 2.24) is 4.90 Å². The number of rotatable bonds is 5. The third-order valence-electron chi connectivity index (χ3n) is 2.99. The summed E-state index contributed by atoms with van der Waals surface area (Å²) in [5, 5.41) is 8.99. The Kier molecular flexibility index (Phi) is 5.16.